The molecule has 1 aromatic carbocycles. The second-order valence-corrected chi connectivity index (χ2v) is 9.92. The number of halogens is 1. The Balaban J connectivity index is 1.45. The average Bonchev–Trinajstić information content (AvgIpc) is 3.34. The maximum absolute atomic E-state index is 12.8. The Morgan fingerprint density at radius 3 is 2.50 bits per heavy atom. The summed E-state index contributed by atoms with van der Waals surface area (Å²) in [4.78, 5) is 0.329. The van der Waals surface area contributed by atoms with Gasteiger partial charge >= 0.3 is 0 Å². The fourth-order valence-electron chi connectivity index (χ4n) is 3.00. The van der Waals surface area contributed by atoms with Crippen molar-refractivity contribution in [3.05, 3.63) is 52.1 Å². The van der Waals surface area contributed by atoms with Gasteiger partial charge in [0.15, 0.2) is 10.8 Å². The van der Waals surface area contributed by atoms with Crippen molar-refractivity contribution < 1.29 is 12.8 Å². The van der Waals surface area contributed by atoms with Crippen LogP contribution < -0.4 is 0 Å². The van der Waals surface area contributed by atoms with Crippen LogP contribution in [0.25, 0.3) is 10.8 Å². The minimum Gasteiger partial charge on any atom is -0.462 e. The number of piperidine rings is 1. The quantitative estimate of drug-likeness (QED) is 0.593. The van der Waals surface area contributed by atoms with Crippen molar-refractivity contribution >= 4 is 37.3 Å². The van der Waals surface area contributed by atoms with Gasteiger partial charge in [-0.2, -0.15) is 4.31 Å². The summed E-state index contributed by atoms with van der Waals surface area (Å²) in [7, 11) is -3.45. The molecule has 26 heavy (non-hydrogen) atoms. The third-order valence-corrected chi connectivity index (χ3v) is 7.97. The van der Waals surface area contributed by atoms with Crippen LogP contribution in [-0.2, 0) is 10.0 Å². The molecular weight excluding hydrogens is 438 g/mol. The van der Waals surface area contributed by atoms with Gasteiger partial charge in [0.25, 0.3) is 0 Å². The second-order valence-electron chi connectivity index (χ2n) is 6.06. The highest BCUT2D eigenvalue weighted by Gasteiger charge is 2.31. The number of rotatable bonds is 4. The fraction of sp³-hybridized carbons (Fsp3) is 0.294. The van der Waals surface area contributed by atoms with Crippen LogP contribution in [0.2, 0.25) is 0 Å². The van der Waals surface area contributed by atoms with E-state index in [-0.39, 0.29) is 5.92 Å². The standard InChI is InChI=1S/C17H16BrN3O3S2/c18-13-3-5-14(6-4-13)26(22,23)21-9-7-12(8-10-21)16-19-20-17(25-16)15-2-1-11-24-15/h1-6,11-12H,7-10H2. The van der Waals surface area contributed by atoms with Gasteiger partial charge in [0.2, 0.25) is 10.0 Å². The molecule has 3 heterocycles. The monoisotopic (exact) mass is 453 g/mol. The molecule has 0 unspecified atom stereocenters. The largest absolute Gasteiger partial charge is 0.462 e. The van der Waals surface area contributed by atoms with E-state index in [9.17, 15) is 8.42 Å². The van der Waals surface area contributed by atoms with Gasteiger partial charge in [-0.25, -0.2) is 8.42 Å². The summed E-state index contributed by atoms with van der Waals surface area (Å²) in [6, 6.07) is 10.4. The van der Waals surface area contributed by atoms with Gasteiger partial charge in [0.1, 0.15) is 5.01 Å². The first kappa shape index (κ1) is 17.8. The van der Waals surface area contributed by atoms with E-state index in [2.05, 4.69) is 26.1 Å². The first-order valence-electron chi connectivity index (χ1n) is 8.17. The normalized spacial score (nSPS) is 16.8. The number of hydrogen-bond donors (Lipinski definition) is 0. The van der Waals surface area contributed by atoms with Gasteiger partial charge in [-0.15, -0.1) is 10.2 Å². The lowest BCUT2D eigenvalue weighted by molar-refractivity contribution is 0.318. The van der Waals surface area contributed by atoms with Crippen molar-refractivity contribution in [3.63, 3.8) is 0 Å². The average molecular weight is 454 g/mol. The SMILES string of the molecule is O=S(=O)(c1ccc(Br)cc1)N1CCC(c2nnc(-c3ccco3)s2)CC1. The summed E-state index contributed by atoms with van der Waals surface area (Å²) < 4.78 is 33.3. The number of benzene rings is 1. The maximum Gasteiger partial charge on any atom is 0.243 e. The van der Waals surface area contributed by atoms with E-state index in [1.54, 1.807) is 34.8 Å². The van der Waals surface area contributed by atoms with Crippen LogP contribution in [0, 0.1) is 0 Å². The highest BCUT2D eigenvalue weighted by atomic mass is 79.9. The molecule has 0 saturated carbocycles. The van der Waals surface area contributed by atoms with Crippen molar-refractivity contribution in [2.75, 3.05) is 13.1 Å². The number of aromatic nitrogens is 2. The molecule has 0 aliphatic carbocycles. The molecule has 0 bridgehead atoms. The van der Waals surface area contributed by atoms with Crippen LogP contribution in [0.4, 0.5) is 0 Å². The Hall–Kier alpha value is -1.55. The molecule has 9 heteroatoms. The van der Waals surface area contributed by atoms with E-state index in [1.165, 1.54) is 11.3 Å². The predicted molar refractivity (Wildman–Crippen MR) is 102 cm³/mol. The third-order valence-electron chi connectivity index (χ3n) is 4.43. The number of furan rings is 1. The van der Waals surface area contributed by atoms with Crippen molar-refractivity contribution in [2.45, 2.75) is 23.7 Å². The molecule has 0 radical (unpaired) electrons. The van der Waals surface area contributed by atoms with Crippen LogP contribution in [-0.4, -0.2) is 36.0 Å². The van der Waals surface area contributed by atoms with E-state index in [4.69, 9.17) is 4.42 Å². The molecule has 3 aromatic rings. The van der Waals surface area contributed by atoms with Crippen molar-refractivity contribution in [2.24, 2.45) is 0 Å². The van der Waals surface area contributed by atoms with E-state index in [0.717, 1.165) is 27.3 Å². The smallest absolute Gasteiger partial charge is 0.243 e. The third kappa shape index (κ3) is 3.48. The lowest BCUT2D eigenvalue weighted by Crippen LogP contribution is -2.37. The number of sulfonamides is 1. The summed E-state index contributed by atoms with van der Waals surface area (Å²) in [5, 5.41) is 10.2. The molecule has 1 fully saturated rings. The zero-order chi connectivity index (χ0) is 18.1. The number of hydrogen-bond acceptors (Lipinski definition) is 6. The summed E-state index contributed by atoms with van der Waals surface area (Å²) >= 11 is 4.85. The molecule has 0 N–H and O–H groups in total. The van der Waals surface area contributed by atoms with Crippen molar-refractivity contribution in [3.8, 4) is 10.8 Å². The lowest BCUT2D eigenvalue weighted by Gasteiger charge is -2.30. The van der Waals surface area contributed by atoms with Gasteiger partial charge in [0, 0.05) is 23.5 Å². The first-order valence-corrected chi connectivity index (χ1v) is 11.2. The zero-order valence-electron chi connectivity index (χ0n) is 13.7. The van der Waals surface area contributed by atoms with E-state index >= 15 is 0 Å². The highest BCUT2D eigenvalue weighted by Crippen LogP contribution is 2.35. The Morgan fingerprint density at radius 2 is 1.85 bits per heavy atom. The van der Waals surface area contributed by atoms with Gasteiger partial charge in [-0.3, -0.25) is 0 Å². The van der Waals surface area contributed by atoms with E-state index in [0.29, 0.717) is 23.7 Å². The summed E-state index contributed by atoms with van der Waals surface area (Å²) in [6.07, 6.45) is 3.09. The molecule has 4 rings (SSSR count). The van der Waals surface area contributed by atoms with Gasteiger partial charge < -0.3 is 4.42 Å². The van der Waals surface area contributed by atoms with Crippen LogP contribution in [0.15, 0.2) is 56.4 Å². The molecule has 2 aromatic heterocycles. The van der Waals surface area contributed by atoms with Crippen molar-refractivity contribution in [1.82, 2.24) is 14.5 Å². The second kappa shape index (κ2) is 7.22. The Kier molecular flexibility index (Phi) is 4.96. The first-order chi connectivity index (χ1) is 12.5. The molecule has 0 amide bonds. The Bertz CT molecular complexity index is 977. The zero-order valence-corrected chi connectivity index (χ0v) is 16.9. The summed E-state index contributed by atoms with van der Waals surface area (Å²) in [5.74, 6) is 0.941. The van der Waals surface area contributed by atoms with E-state index in [1.807, 2.05) is 12.1 Å². The number of nitrogens with zero attached hydrogens (tertiary/aromatic N) is 3. The van der Waals surface area contributed by atoms with Gasteiger partial charge in [-0.05, 0) is 49.2 Å². The van der Waals surface area contributed by atoms with Crippen LogP contribution in [0.3, 0.4) is 0 Å². The minimum absolute atomic E-state index is 0.229. The Labute approximate surface area is 164 Å². The molecule has 1 saturated heterocycles. The molecule has 1 aliphatic rings. The van der Waals surface area contributed by atoms with Crippen LogP contribution in [0.5, 0.6) is 0 Å². The fourth-order valence-corrected chi connectivity index (χ4v) is 5.71. The molecular formula is C17H16BrN3O3S2. The summed E-state index contributed by atoms with van der Waals surface area (Å²) in [5.41, 5.74) is 0. The molecule has 136 valence electrons. The molecule has 6 nitrogen and oxygen atoms in total. The topological polar surface area (TPSA) is 76.3 Å². The van der Waals surface area contributed by atoms with Crippen LogP contribution in [0.1, 0.15) is 23.8 Å². The van der Waals surface area contributed by atoms with Gasteiger partial charge in [0.05, 0.1) is 11.2 Å². The lowest BCUT2D eigenvalue weighted by atomic mass is 9.99. The molecule has 0 atom stereocenters. The van der Waals surface area contributed by atoms with Crippen LogP contribution >= 0.6 is 27.3 Å². The highest BCUT2D eigenvalue weighted by molar-refractivity contribution is 9.10. The Morgan fingerprint density at radius 1 is 1.12 bits per heavy atom. The molecule has 1 aliphatic heterocycles. The minimum atomic E-state index is -3.45. The summed E-state index contributed by atoms with van der Waals surface area (Å²) in [6.45, 7) is 0.970. The predicted octanol–water partition coefficient (Wildman–Crippen LogP) is 4.13. The van der Waals surface area contributed by atoms with E-state index < -0.39 is 10.0 Å². The molecule has 0 spiro atoms. The van der Waals surface area contributed by atoms with Gasteiger partial charge in [-0.1, -0.05) is 27.3 Å². The maximum atomic E-state index is 12.8. The van der Waals surface area contributed by atoms with Crippen molar-refractivity contribution in [1.29, 1.82) is 0 Å².